The van der Waals surface area contributed by atoms with Gasteiger partial charge in [-0.2, -0.15) is 0 Å². The monoisotopic (exact) mass is 439 g/mol. The lowest BCUT2D eigenvalue weighted by molar-refractivity contribution is 0.0523. The van der Waals surface area contributed by atoms with Crippen LogP contribution in [0.3, 0.4) is 0 Å². The summed E-state index contributed by atoms with van der Waals surface area (Å²) in [6.07, 6.45) is 0. The lowest BCUT2D eigenvalue weighted by Gasteiger charge is -2.07. The van der Waals surface area contributed by atoms with Crippen LogP contribution in [0.4, 0.5) is 0 Å². The number of carbonyl (C=O) groups excluding carboxylic acids is 1. The summed E-state index contributed by atoms with van der Waals surface area (Å²) in [5.74, 6) is -0.882. The second-order valence-corrected chi connectivity index (χ2v) is 8.49. The molecule has 1 aromatic carbocycles. The molecule has 4 N–H and O–H groups in total. The molecule has 0 unspecified atom stereocenters. The standard InChI is InChI=1S/C22H21N3O5S/c1-5-30-21(28)13-11(4)31-18(17(13)26)14-15-19(24-22(29)25-20(15)27)23-16(14)12-7-6-9(2)10(3)8-12/h6-8,26H,5H2,1-4H3,(H3,23,24,25,27,29). The fourth-order valence-electron chi connectivity index (χ4n) is 3.62. The number of H-pyrrole nitrogens is 3. The van der Waals surface area contributed by atoms with E-state index in [0.29, 0.717) is 21.0 Å². The van der Waals surface area contributed by atoms with E-state index in [0.717, 1.165) is 16.7 Å². The number of aryl methyl sites for hydroxylation is 3. The molecule has 9 heteroatoms. The zero-order chi connectivity index (χ0) is 22.4. The lowest BCUT2D eigenvalue weighted by Crippen LogP contribution is -2.21. The average molecular weight is 439 g/mol. The molecule has 0 aliphatic carbocycles. The molecule has 0 saturated carbocycles. The first-order valence-electron chi connectivity index (χ1n) is 9.68. The second kappa shape index (κ2) is 7.59. The number of hydrogen-bond acceptors (Lipinski definition) is 6. The highest BCUT2D eigenvalue weighted by Crippen LogP contribution is 2.47. The fraction of sp³-hybridized carbons (Fsp3) is 0.227. The molecule has 8 nitrogen and oxygen atoms in total. The van der Waals surface area contributed by atoms with Crippen molar-refractivity contribution in [3.05, 3.63) is 60.6 Å². The zero-order valence-corrected chi connectivity index (χ0v) is 18.2. The van der Waals surface area contributed by atoms with Crippen molar-refractivity contribution in [3.63, 3.8) is 0 Å². The van der Waals surface area contributed by atoms with Crippen molar-refractivity contribution in [2.75, 3.05) is 6.61 Å². The summed E-state index contributed by atoms with van der Waals surface area (Å²) in [7, 11) is 0. The van der Waals surface area contributed by atoms with E-state index in [2.05, 4.69) is 15.0 Å². The molecule has 0 radical (unpaired) electrons. The first-order valence-corrected chi connectivity index (χ1v) is 10.5. The van der Waals surface area contributed by atoms with E-state index < -0.39 is 17.2 Å². The maximum Gasteiger partial charge on any atom is 0.343 e. The van der Waals surface area contributed by atoms with E-state index in [4.69, 9.17) is 4.74 Å². The van der Waals surface area contributed by atoms with Crippen molar-refractivity contribution in [2.45, 2.75) is 27.7 Å². The summed E-state index contributed by atoms with van der Waals surface area (Å²) < 4.78 is 5.08. The van der Waals surface area contributed by atoms with Crippen LogP contribution in [0.25, 0.3) is 32.7 Å². The van der Waals surface area contributed by atoms with Gasteiger partial charge < -0.3 is 14.8 Å². The Labute approximate surface area is 180 Å². The molecule has 0 spiro atoms. The normalized spacial score (nSPS) is 11.2. The number of fused-ring (bicyclic) bond motifs is 1. The van der Waals surface area contributed by atoms with E-state index in [1.165, 1.54) is 11.3 Å². The maximum atomic E-state index is 12.7. The molecule has 3 heterocycles. The highest BCUT2D eigenvalue weighted by atomic mass is 32.1. The number of carbonyl (C=O) groups is 1. The molecule has 31 heavy (non-hydrogen) atoms. The number of benzene rings is 1. The highest BCUT2D eigenvalue weighted by Gasteiger charge is 2.28. The van der Waals surface area contributed by atoms with Gasteiger partial charge in [-0.05, 0) is 50.5 Å². The Morgan fingerprint density at radius 2 is 1.84 bits per heavy atom. The minimum absolute atomic E-state index is 0.0723. The Kier molecular flexibility index (Phi) is 5.06. The molecule has 4 rings (SSSR count). The summed E-state index contributed by atoms with van der Waals surface area (Å²) in [5.41, 5.74) is 2.96. The van der Waals surface area contributed by atoms with Crippen LogP contribution in [0.5, 0.6) is 5.75 Å². The molecule has 4 aromatic rings. The minimum Gasteiger partial charge on any atom is -0.505 e. The quantitative estimate of drug-likeness (QED) is 0.360. The number of esters is 1. The highest BCUT2D eigenvalue weighted by molar-refractivity contribution is 7.16. The Bertz CT molecular complexity index is 1450. The number of hydrogen-bond donors (Lipinski definition) is 4. The molecule has 0 bridgehead atoms. The van der Waals surface area contributed by atoms with Crippen LogP contribution < -0.4 is 11.2 Å². The Morgan fingerprint density at radius 1 is 1.10 bits per heavy atom. The largest absolute Gasteiger partial charge is 0.505 e. The van der Waals surface area contributed by atoms with E-state index in [9.17, 15) is 19.5 Å². The van der Waals surface area contributed by atoms with Gasteiger partial charge in [-0.1, -0.05) is 12.1 Å². The average Bonchev–Trinajstić information content (AvgIpc) is 3.21. The number of rotatable bonds is 4. The summed E-state index contributed by atoms with van der Waals surface area (Å²) >= 11 is 1.18. The van der Waals surface area contributed by atoms with Gasteiger partial charge >= 0.3 is 11.7 Å². The SMILES string of the molecule is CCOC(=O)c1c(C)sc(-c2c(-c3ccc(C)c(C)c3)[nH]c3[nH]c(=O)[nH]c(=O)c23)c1O. The number of ether oxygens (including phenoxy) is 1. The zero-order valence-electron chi connectivity index (χ0n) is 17.4. The van der Waals surface area contributed by atoms with Crippen molar-refractivity contribution >= 4 is 28.3 Å². The third kappa shape index (κ3) is 3.36. The molecular formula is C22H21N3O5S. The molecule has 0 aliphatic rings. The van der Waals surface area contributed by atoms with Gasteiger partial charge in [0.05, 0.1) is 22.6 Å². The van der Waals surface area contributed by atoms with Gasteiger partial charge in [0, 0.05) is 10.4 Å². The summed E-state index contributed by atoms with van der Waals surface area (Å²) in [6.45, 7) is 7.53. The van der Waals surface area contributed by atoms with E-state index >= 15 is 0 Å². The molecule has 0 fully saturated rings. The van der Waals surface area contributed by atoms with Crippen LogP contribution in [0.15, 0.2) is 27.8 Å². The number of nitrogens with one attached hydrogen (secondary N) is 3. The van der Waals surface area contributed by atoms with E-state index in [-0.39, 0.29) is 29.0 Å². The molecule has 0 amide bonds. The van der Waals surface area contributed by atoms with Crippen molar-refractivity contribution in [1.82, 2.24) is 15.0 Å². The minimum atomic E-state index is -0.643. The maximum absolute atomic E-state index is 12.7. The lowest BCUT2D eigenvalue weighted by atomic mass is 10.00. The summed E-state index contributed by atoms with van der Waals surface area (Å²) in [6, 6.07) is 5.81. The van der Waals surface area contributed by atoms with Crippen LogP contribution in [0, 0.1) is 20.8 Å². The number of aromatic hydroxyl groups is 1. The second-order valence-electron chi connectivity index (χ2n) is 7.26. The van der Waals surface area contributed by atoms with Crippen molar-refractivity contribution in [2.24, 2.45) is 0 Å². The Hall–Kier alpha value is -3.59. The van der Waals surface area contributed by atoms with Crippen LogP contribution >= 0.6 is 11.3 Å². The molecule has 0 saturated heterocycles. The first kappa shape index (κ1) is 20.7. The van der Waals surface area contributed by atoms with Crippen LogP contribution in [-0.4, -0.2) is 32.6 Å². The Balaban J connectivity index is 2.09. The third-order valence-electron chi connectivity index (χ3n) is 5.25. The van der Waals surface area contributed by atoms with Crippen LogP contribution in [0.2, 0.25) is 0 Å². The van der Waals surface area contributed by atoms with Crippen molar-refractivity contribution in [1.29, 1.82) is 0 Å². The van der Waals surface area contributed by atoms with Gasteiger partial charge in [-0.3, -0.25) is 14.8 Å². The first-order chi connectivity index (χ1) is 14.7. The van der Waals surface area contributed by atoms with E-state index in [1.807, 2.05) is 32.0 Å². The summed E-state index contributed by atoms with van der Waals surface area (Å²) in [5, 5.41) is 11.2. The van der Waals surface area contributed by atoms with Gasteiger partial charge in [0.15, 0.2) is 0 Å². The molecule has 160 valence electrons. The third-order valence-corrected chi connectivity index (χ3v) is 6.37. The molecule has 0 atom stereocenters. The molecular weight excluding hydrogens is 418 g/mol. The van der Waals surface area contributed by atoms with Gasteiger partial charge in [0.25, 0.3) is 5.56 Å². The van der Waals surface area contributed by atoms with Crippen LogP contribution in [0.1, 0.15) is 33.3 Å². The number of aromatic nitrogens is 3. The van der Waals surface area contributed by atoms with E-state index in [1.54, 1.807) is 13.8 Å². The van der Waals surface area contributed by atoms with Gasteiger partial charge in [0.2, 0.25) is 0 Å². The fourth-order valence-corrected chi connectivity index (χ4v) is 4.71. The predicted molar refractivity (Wildman–Crippen MR) is 120 cm³/mol. The van der Waals surface area contributed by atoms with Crippen LogP contribution in [-0.2, 0) is 4.74 Å². The Morgan fingerprint density at radius 3 is 2.52 bits per heavy atom. The molecule has 0 aliphatic heterocycles. The summed E-state index contributed by atoms with van der Waals surface area (Å²) in [4.78, 5) is 45.8. The van der Waals surface area contributed by atoms with Gasteiger partial charge in [-0.15, -0.1) is 11.3 Å². The number of thiophene rings is 1. The van der Waals surface area contributed by atoms with Gasteiger partial charge in [-0.25, -0.2) is 9.59 Å². The smallest absolute Gasteiger partial charge is 0.343 e. The molecule has 3 aromatic heterocycles. The van der Waals surface area contributed by atoms with Crippen molar-refractivity contribution in [3.8, 4) is 27.4 Å². The van der Waals surface area contributed by atoms with Crippen molar-refractivity contribution < 1.29 is 14.6 Å². The predicted octanol–water partition coefficient (Wildman–Crippen LogP) is 3.75. The topological polar surface area (TPSA) is 128 Å². The van der Waals surface area contributed by atoms with Gasteiger partial charge in [0.1, 0.15) is 17.0 Å². The number of aromatic amines is 3.